The number of benzene rings is 2. The summed E-state index contributed by atoms with van der Waals surface area (Å²) >= 11 is 0. The first-order valence-corrected chi connectivity index (χ1v) is 11.0. The van der Waals surface area contributed by atoms with E-state index in [1.54, 1.807) is 33.5 Å². The number of aromatic nitrogens is 1. The predicted octanol–water partition coefficient (Wildman–Crippen LogP) is 4.45. The lowest BCUT2D eigenvalue weighted by Crippen LogP contribution is -2.51. The monoisotopic (exact) mass is 448 g/mol. The van der Waals surface area contributed by atoms with Gasteiger partial charge in [-0.05, 0) is 49.2 Å². The number of carbonyl (C=O) groups excluding carboxylic acids is 1. The average molecular weight is 449 g/mol. The summed E-state index contributed by atoms with van der Waals surface area (Å²) in [5.41, 5.74) is 3.81. The fourth-order valence-corrected chi connectivity index (χ4v) is 4.84. The molecule has 3 aromatic rings. The third-order valence-electron chi connectivity index (χ3n) is 6.62. The van der Waals surface area contributed by atoms with Gasteiger partial charge in [0, 0.05) is 42.8 Å². The molecule has 1 aromatic heterocycles. The van der Waals surface area contributed by atoms with E-state index in [-0.39, 0.29) is 11.6 Å². The van der Waals surface area contributed by atoms with Gasteiger partial charge in [0.2, 0.25) is 0 Å². The lowest BCUT2D eigenvalue weighted by atomic mass is 9.82. The highest BCUT2D eigenvalue weighted by molar-refractivity contribution is 5.90. The number of amides is 2. The highest BCUT2D eigenvalue weighted by Gasteiger charge is 2.42. The first kappa shape index (κ1) is 21.1. The number of nitrogens with one attached hydrogen (secondary N) is 2. The molecule has 0 radical (unpaired) electrons. The number of methoxy groups -OCH3 is 3. The molecule has 0 saturated carbocycles. The fourth-order valence-electron chi connectivity index (χ4n) is 4.84. The Labute approximate surface area is 193 Å². The highest BCUT2D eigenvalue weighted by Crippen LogP contribution is 2.44. The van der Waals surface area contributed by atoms with Gasteiger partial charge < -0.3 is 34.3 Å². The molecule has 1 saturated heterocycles. The molecule has 5 rings (SSSR count). The molecule has 2 N–H and O–H groups in total. The molecule has 2 amide bonds. The molecular weight excluding hydrogens is 420 g/mol. The molecule has 0 atom stereocenters. The number of nitrogens with zero attached hydrogens (tertiary/aromatic N) is 2. The lowest BCUT2D eigenvalue weighted by molar-refractivity contribution is 0.174. The molecule has 0 bridgehead atoms. The summed E-state index contributed by atoms with van der Waals surface area (Å²) in [6, 6.07) is 15.6. The maximum Gasteiger partial charge on any atom is 0.321 e. The van der Waals surface area contributed by atoms with Gasteiger partial charge in [-0.25, -0.2) is 4.79 Å². The van der Waals surface area contributed by atoms with Crippen molar-refractivity contribution in [2.45, 2.75) is 18.4 Å². The van der Waals surface area contributed by atoms with E-state index >= 15 is 0 Å². The minimum absolute atomic E-state index is 0.120. The molecule has 8 nitrogen and oxygen atoms in total. The number of ether oxygens (including phenoxy) is 3. The van der Waals surface area contributed by atoms with Crippen LogP contribution < -0.4 is 24.8 Å². The first-order valence-electron chi connectivity index (χ1n) is 11.0. The maximum absolute atomic E-state index is 13.0. The average Bonchev–Trinajstić information content (AvgIpc) is 3.35. The molecule has 2 aliphatic rings. The van der Waals surface area contributed by atoms with Gasteiger partial charge in [-0.15, -0.1) is 0 Å². The number of hydrogen-bond acceptors (Lipinski definition) is 5. The Morgan fingerprint density at radius 2 is 1.76 bits per heavy atom. The summed E-state index contributed by atoms with van der Waals surface area (Å²) in [5, 5.41) is 6.76. The van der Waals surface area contributed by atoms with Crippen LogP contribution in [-0.2, 0) is 5.54 Å². The van der Waals surface area contributed by atoms with Crippen molar-refractivity contribution in [1.29, 1.82) is 0 Å². The Morgan fingerprint density at radius 1 is 0.970 bits per heavy atom. The van der Waals surface area contributed by atoms with E-state index in [4.69, 9.17) is 14.2 Å². The zero-order chi connectivity index (χ0) is 23.0. The van der Waals surface area contributed by atoms with Crippen LogP contribution in [0.3, 0.4) is 0 Å². The molecule has 0 aliphatic carbocycles. The van der Waals surface area contributed by atoms with Crippen molar-refractivity contribution in [1.82, 2.24) is 9.47 Å². The summed E-state index contributed by atoms with van der Waals surface area (Å²) in [6.45, 7) is 1.27. The van der Waals surface area contributed by atoms with Crippen molar-refractivity contribution in [3.8, 4) is 22.9 Å². The number of fused-ring (bicyclic) bond motifs is 4. The van der Waals surface area contributed by atoms with Crippen molar-refractivity contribution in [2.24, 2.45) is 0 Å². The SMILES string of the molecule is COc1ccc2c(c1)NC1(CCN(C(=O)Nc3ccc(OC)c(OC)c3)CC1)c1cccn1-2. The first-order chi connectivity index (χ1) is 16.1. The van der Waals surface area contributed by atoms with Crippen molar-refractivity contribution in [2.75, 3.05) is 45.1 Å². The number of urea groups is 1. The third-order valence-corrected chi connectivity index (χ3v) is 6.62. The van der Waals surface area contributed by atoms with E-state index in [1.165, 1.54) is 5.69 Å². The van der Waals surface area contributed by atoms with E-state index in [9.17, 15) is 4.79 Å². The number of anilines is 2. The van der Waals surface area contributed by atoms with Crippen LogP contribution in [0.2, 0.25) is 0 Å². The Kier molecular flexibility index (Phi) is 5.28. The van der Waals surface area contributed by atoms with Gasteiger partial charge in [0.1, 0.15) is 5.75 Å². The zero-order valence-corrected chi connectivity index (χ0v) is 19.1. The smallest absolute Gasteiger partial charge is 0.321 e. The highest BCUT2D eigenvalue weighted by atomic mass is 16.5. The summed E-state index contributed by atoms with van der Waals surface area (Å²) in [5.74, 6) is 2.02. The van der Waals surface area contributed by atoms with Gasteiger partial charge in [0.05, 0.1) is 38.2 Å². The molecule has 0 unspecified atom stereocenters. The second-order valence-corrected chi connectivity index (χ2v) is 8.34. The molecule has 8 heteroatoms. The van der Waals surface area contributed by atoms with Crippen molar-refractivity contribution >= 4 is 17.4 Å². The van der Waals surface area contributed by atoms with Crippen LogP contribution in [0.1, 0.15) is 18.5 Å². The molecule has 2 aromatic carbocycles. The topological polar surface area (TPSA) is 77.0 Å². The van der Waals surface area contributed by atoms with Gasteiger partial charge in [0.15, 0.2) is 11.5 Å². The van der Waals surface area contributed by atoms with E-state index < -0.39 is 0 Å². The third kappa shape index (κ3) is 3.61. The Morgan fingerprint density at radius 3 is 2.48 bits per heavy atom. The van der Waals surface area contributed by atoms with Crippen LogP contribution in [0.25, 0.3) is 5.69 Å². The standard InChI is InChI=1S/C25H28N4O4/c1-31-18-7-8-20-19(16-18)27-25(23-5-4-12-29(20)23)10-13-28(14-11-25)24(30)26-17-6-9-21(32-2)22(15-17)33-3/h4-9,12,15-16,27H,10-11,13-14H2,1-3H3,(H,26,30). The summed E-state index contributed by atoms with van der Waals surface area (Å²) in [6.07, 6.45) is 3.69. The minimum Gasteiger partial charge on any atom is -0.497 e. The molecule has 2 aliphatic heterocycles. The lowest BCUT2D eigenvalue weighted by Gasteiger charge is -2.46. The predicted molar refractivity (Wildman–Crippen MR) is 127 cm³/mol. The van der Waals surface area contributed by atoms with Crippen LogP contribution >= 0.6 is 0 Å². The molecular formula is C25H28N4O4. The second kappa shape index (κ2) is 8.27. The van der Waals surface area contributed by atoms with Gasteiger partial charge in [-0.3, -0.25) is 0 Å². The van der Waals surface area contributed by atoms with Gasteiger partial charge >= 0.3 is 6.03 Å². The van der Waals surface area contributed by atoms with Crippen LogP contribution in [0.5, 0.6) is 17.2 Å². The molecule has 3 heterocycles. The van der Waals surface area contributed by atoms with Gasteiger partial charge in [-0.2, -0.15) is 0 Å². The van der Waals surface area contributed by atoms with Crippen molar-refractivity contribution in [3.05, 3.63) is 60.4 Å². The minimum atomic E-state index is -0.233. The van der Waals surface area contributed by atoms with E-state index in [0.717, 1.165) is 30.0 Å². The molecule has 1 spiro atoms. The number of hydrogen-bond donors (Lipinski definition) is 2. The largest absolute Gasteiger partial charge is 0.497 e. The maximum atomic E-state index is 13.0. The van der Waals surface area contributed by atoms with Crippen molar-refractivity contribution in [3.63, 3.8) is 0 Å². The van der Waals surface area contributed by atoms with Gasteiger partial charge in [0.25, 0.3) is 0 Å². The number of carbonyl (C=O) groups is 1. The van der Waals surface area contributed by atoms with Crippen LogP contribution in [0.15, 0.2) is 54.7 Å². The van der Waals surface area contributed by atoms with Crippen LogP contribution in [0.4, 0.5) is 16.2 Å². The fraction of sp³-hybridized carbons (Fsp3) is 0.320. The second-order valence-electron chi connectivity index (χ2n) is 8.34. The molecule has 172 valence electrons. The Hall–Kier alpha value is -3.81. The van der Waals surface area contributed by atoms with Gasteiger partial charge in [-0.1, -0.05) is 0 Å². The summed E-state index contributed by atoms with van der Waals surface area (Å²) < 4.78 is 18.3. The Balaban J connectivity index is 1.32. The zero-order valence-electron chi connectivity index (χ0n) is 19.1. The van der Waals surface area contributed by atoms with E-state index in [0.29, 0.717) is 30.3 Å². The number of rotatable bonds is 4. The number of likely N-dealkylation sites (tertiary alicyclic amines) is 1. The van der Waals surface area contributed by atoms with E-state index in [1.807, 2.05) is 23.1 Å². The quantitative estimate of drug-likeness (QED) is 0.617. The Bertz CT molecular complexity index is 1180. The van der Waals surface area contributed by atoms with Crippen LogP contribution in [0, 0.1) is 0 Å². The molecule has 33 heavy (non-hydrogen) atoms. The normalized spacial score (nSPS) is 15.8. The van der Waals surface area contributed by atoms with E-state index in [2.05, 4.69) is 39.6 Å². The van der Waals surface area contributed by atoms with Crippen molar-refractivity contribution < 1.29 is 19.0 Å². The summed E-state index contributed by atoms with van der Waals surface area (Å²) in [4.78, 5) is 14.8. The molecule has 1 fully saturated rings. The van der Waals surface area contributed by atoms with Crippen LogP contribution in [-0.4, -0.2) is 49.9 Å². The number of piperidine rings is 1. The summed E-state index contributed by atoms with van der Waals surface area (Å²) in [7, 11) is 4.84.